The molecular formula is C13H22N2S. The zero-order valence-corrected chi connectivity index (χ0v) is 11.4. The maximum atomic E-state index is 4.75. The Bertz CT molecular complexity index is 332. The van der Waals surface area contributed by atoms with Crippen molar-refractivity contribution in [2.24, 2.45) is 0 Å². The summed E-state index contributed by atoms with van der Waals surface area (Å²) in [4.78, 5) is 7.29. The van der Waals surface area contributed by atoms with Crippen LogP contribution in [0.2, 0.25) is 0 Å². The highest BCUT2D eigenvalue weighted by atomic mass is 32.1. The normalized spacial score (nSPS) is 18.9. The van der Waals surface area contributed by atoms with Gasteiger partial charge in [0.05, 0.1) is 10.7 Å². The Morgan fingerprint density at radius 1 is 1.25 bits per heavy atom. The second-order valence-corrected chi connectivity index (χ2v) is 6.59. The van der Waals surface area contributed by atoms with Crippen molar-refractivity contribution in [2.75, 3.05) is 13.1 Å². The summed E-state index contributed by atoms with van der Waals surface area (Å²) in [5.41, 5.74) is 1.46. The zero-order valence-electron chi connectivity index (χ0n) is 10.6. The van der Waals surface area contributed by atoms with E-state index < -0.39 is 0 Å². The van der Waals surface area contributed by atoms with E-state index in [1.807, 2.05) is 11.3 Å². The molecule has 0 N–H and O–H groups in total. The molecular weight excluding hydrogens is 216 g/mol. The molecule has 1 aliphatic heterocycles. The number of likely N-dealkylation sites (tertiary alicyclic amines) is 1. The van der Waals surface area contributed by atoms with Gasteiger partial charge in [0.1, 0.15) is 0 Å². The molecule has 0 unspecified atom stereocenters. The highest BCUT2D eigenvalue weighted by molar-refractivity contribution is 7.09. The lowest BCUT2D eigenvalue weighted by Gasteiger charge is -2.25. The van der Waals surface area contributed by atoms with Gasteiger partial charge >= 0.3 is 0 Å². The fourth-order valence-electron chi connectivity index (χ4n) is 2.07. The monoisotopic (exact) mass is 238 g/mol. The van der Waals surface area contributed by atoms with Crippen LogP contribution in [0.3, 0.4) is 0 Å². The lowest BCUT2D eigenvalue weighted by molar-refractivity contribution is 0.218. The summed E-state index contributed by atoms with van der Waals surface area (Å²) in [6.45, 7) is 10.3. The number of thiazole rings is 1. The predicted octanol–water partition coefficient (Wildman–Crippen LogP) is 3.43. The molecule has 0 aliphatic carbocycles. The summed E-state index contributed by atoms with van der Waals surface area (Å²) in [5, 5.41) is 3.49. The van der Waals surface area contributed by atoms with Gasteiger partial charge in [0.25, 0.3) is 0 Å². The first kappa shape index (κ1) is 12.1. The predicted molar refractivity (Wildman–Crippen MR) is 69.9 cm³/mol. The molecule has 1 saturated heterocycles. The SMILES string of the molecule is CC(C)(C)c1nc(CN2CCCCC2)cs1. The van der Waals surface area contributed by atoms with Gasteiger partial charge in [-0.3, -0.25) is 4.90 Å². The van der Waals surface area contributed by atoms with Crippen molar-refractivity contribution in [3.05, 3.63) is 16.1 Å². The van der Waals surface area contributed by atoms with Gasteiger partial charge < -0.3 is 0 Å². The van der Waals surface area contributed by atoms with Crippen LogP contribution < -0.4 is 0 Å². The molecule has 90 valence electrons. The Kier molecular flexibility index (Phi) is 3.65. The third-order valence-corrected chi connectivity index (χ3v) is 4.34. The van der Waals surface area contributed by atoms with Crippen LogP contribution >= 0.6 is 11.3 Å². The lowest BCUT2D eigenvalue weighted by Crippen LogP contribution is -2.29. The molecule has 2 nitrogen and oxygen atoms in total. The van der Waals surface area contributed by atoms with Crippen LogP contribution in [0.5, 0.6) is 0 Å². The molecule has 0 spiro atoms. The third-order valence-electron chi connectivity index (χ3n) is 3.03. The van der Waals surface area contributed by atoms with Gasteiger partial charge in [-0.1, -0.05) is 27.2 Å². The fraction of sp³-hybridized carbons (Fsp3) is 0.769. The molecule has 0 aromatic carbocycles. The molecule has 0 amide bonds. The highest BCUT2D eigenvalue weighted by Gasteiger charge is 2.19. The number of hydrogen-bond acceptors (Lipinski definition) is 3. The van der Waals surface area contributed by atoms with Gasteiger partial charge in [-0.2, -0.15) is 0 Å². The average Bonchev–Trinajstić information content (AvgIpc) is 2.67. The standard InChI is InChI=1S/C13H22N2S/c1-13(2,3)12-14-11(10-16-12)9-15-7-5-4-6-8-15/h10H,4-9H2,1-3H3. The van der Waals surface area contributed by atoms with Gasteiger partial charge in [0.2, 0.25) is 0 Å². The molecule has 0 bridgehead atoms. The molecule has 2 rings (SSSR count). The lowest BCUT2D eigenvalue weighted by atomic mass is 9.98. The van der Waals surface area contributed by atoms with Crippen molar-refractivity contribution in [3.8, 4) is 0 Å². The van der Waals surface area contributed by atoms with E-state index in [0.717, 1.165) is 6.54 Å². The number of nitrogens with zero attached hydrogens (tertiary/aromatic N) is 2. The van der Waals surface area contributed by atoms with Crippen molar-refractivity contribution in [1.82, 2.24) is 9.88 Å². The molecule has 0 atom stereocenters. The van der Waals surface area contributed by atoms with Gasteiger partial charge in [0.15, 0.2) is 0 Å². The molecule has 0 saturated carbocycles. The molecule has 3 heteroatoms. The van der Waals surface area contributed by atoms with E-state index in [0.29, 0.717) is 0 Å². The van der Waals surface area contributed by atoms with Crippen LogP contribution in [0.25, 0.3) is 0 Å². The maximum Gasteiger partial charge on any atom is 0.0982 e. The second kappa shape index (κ2) is 4.84. The second-order valence-electron chi connectivity index (χ2n) is 5.73. The Labute approximate surface area is 103 Å². The molecule has 1 aromatic rings. The smallest absolute Gasteiger partial charge is 0.0982 e. The number of piperidine rings is 1. The number of aromatic nitrogens is 1. The maximum absolute atomic E-state index is 4.75. The molecule has 0 radical (unpaired) electrons. The number of rotatable bonds is 2. The quantitative estimate of drug-likeness (QED) is 0.785. The fourth-order valence-corrected chi connectivity index (χ4v) is 2.97. The van der Waals surface area contributed by atoms with E-state index in [1.54, 1.807) is 0 Å². The average molecular weight is 238 g/mol. The first-order chi connectivity index (χ1) is 7.55. The van der Waals surface area contributed by atoms with Crippen molar-refractivity contribution in [2.45, 2.75) is 52.0 Å². The summed E-state index contributed by atoms with van der Waals surface area (Å²) >= 11 is 1.81. The first-order valence-electron chi connectivity index (χ1n) is 6.23. The van der Waals surface area contributed by atoms with Gasteiger partial charge in [0, 0.05) is 17.3 Å². The Morgan fingerprint density at radius 2 is 1.94 bits per heavy atom. The van der Waals surface area contributed by atoms with Crippen LogP contribution in [-0.2, 0) is 12.0 Å². The minimum Gasteiger partial charge on any atom is -0.297 e. The van der Waals surface area contributed by atoms with Gasteiger partial charge in [-0.05, 0) is 25.9 Å². The van der Waals surface area contributed by atoms with E-state index in [4.69, 9.17) is 4.98 Å². The van der Waals surface area contributed by atoms with Crippen LogP contribution in [0, 0.1) is 0 Å². The van der Waals surface area contributed by atoms with Crippen molar-refractivity contribution in [3.63, 3.8) is 0 Å². The van der Waals surface area contributed by atoms with E-state index in [2.05, 4.69) is 31.1 Å². The Balaban J connectivity index is 1.97. The Hall–Kier alpha value is -0.410. The molecule has 1 fully saturated rings. The molecule has 1 aromatic heterocycles. The Morgan fingerprint density at radius 3 is 2.50 bits per heavy atom. The molecule has 16 heavy (non-hydrogen) atoms. The summed E-state index contributed by atoms with van der Waals surface area (Å²) in [5.74, 6) is 0. The summed E-state index contributed by atoms with van der Waals surface area (Å²) in [7, 11) is 0. The van der Waals surface area contributed by atoms with Crippen LogP contribution in [-0.4, -0.2) is 23.0 Å². The minimum absolute atomic E-state index is 0.199. The van der Waals surface area contributed by atoms with E-state index >= 15 is 0 Å². The summed E-state index contributed by atoms with van der Waals surface area (Å²) < 4.78 is 0. The van der Waals surface area contributed by atoms with Crippen LogP contribution in [0.15, 0.2) is 5.38 Å². The van der Waals surface area contributed by atoms with E-state index in [1.165, 1.54) is 43.1 Å². The largest absolute Gasteiger partial charge is 0.297 e. The van der Waals surface area contributed by atoms with Crippen molar-refractivity contribution >= 4 is 11.3 Å². The van der Waals surface area contributed by atoms with Gasteiger partial charge in [-0.15, -0.1) is 11.3 Å². The van der Waals surface area contributed by atoms with E-state index in [-0.39, 0.29) is 5.41 Å². The summed E-state index contributed by atoms with van der Waals surface area (Å²) in [6.07, 6.45) is 4.12. The number of hydrogen-bond donors (Lipinski definition) is 0. The van der Waals surface area contributed by atoms with E-state index in [9.17, 15) is 0 Å². The third kappa shape index (κ3) is 3.05. The molecule has 1 aliphatic rings. The van der Waals surface area contributed by atoms with Crippen LogP contribution in [0.4, 0.5) is 0 Å². The van der Waals surface area contributed by atoms with Gasteiger partial charge in [-0.25, -0.2) is 4.98 Å². The minimum atomic E-state index is 0.199. The highest BCUT2D eigenvalue weighted by Crippen LogP contribution is 2.26. The topological polar surface area (TPSA) is 16.1 Å². The first-order valence-corrected chi connectivity index (χ1v) is 7.11. The van der Waals surface area contributed by atoms with Crippen LogP contribution in [0.1, 0.15) is 50.7 Å². The van der Waals surface area contributed by atoms with Crippen molar-refractivity contribution in [1.29, 1.82) is 0 Å². The zero-order chi connectivity index (χ0) is 11.6. The molecule has 2 heterocycles. The summed E-state index contributed by atoms with van der Waals surface area (Å²) in [6, 6.07) is 0. The van der Waals surface area contributed by atoms with Crippen molar-refractivity contribution < 1.29 is 0 Å².